The Morgan fingerprint density at radius 3 is 1.95 bits per heavy atom. The molecule has 0 amide bonds. The molecular formula is C17H22Cl2OTi. The van der Waals surface area contributed by atoms with Gasteiger partial charge >= 0.3 is 126 Å². The Morgan fingerprint density at radius 2 is 1.48 bits per heavy atom. The van der Waals surface area contributed by atoms with Crippen molar-refractivity contribution >= 4 is 0 Å². The predicted molar refractivity (Wildman–Crippen MR) is 76.7 cm³/mol. The molecule has 1 aromatic carbocycles. The molecule has 0 spiro atoms. The summed E-state index contributed by atoms with van der Waals surface area (Å²) in [7, 11) is 0. The van der Waals surface area contributed by atoms with Crippen LogP contribution in [0.4, 0.5) is 0 Å². The van der Waals surface area contributed by atoms with Crippen LogP contribution < -0.4 is 28.1 Å². The molecule has 0 saturated heterocycles. The zero-order valence-electron chi connectivity index (χ0n) is 13.5. The van der Waals surface area contributed by atoms with Crippen LogP contribution in [0.2, 0.25) is 0 Å². The van der Waals surface area contributed by atoms with Crippen molar-refractivity contribution < 1.29 is 47.7 Å². The van der Waals surface area contributed by atoms with E-state index in [2.05, 4.69) is 59.7 Å². The number of halogens is 2. The summed E-state index contributed by atoms with van der Waals surface area (Å²) >= 11 is -0.570. The van der Waals surface area contributed by atoms with E-state index in [4.69, 9.17) is 3.32 Å². The number of hydrogen-bond donors (Lipinski definition) is 0. The van der Waals surface area contributed by atoms with Crippen LogP contribution in [0.15, 0.2) is 44.9 Å². The average molecular weight is 361 g/mol. The summed E-state index contributed by atoms with van der Waals surface area (Å²) in [5, 5.41) is 0. The minimum atomic E-state index is -0.570. The van der Waals surface area contributed by atoms with Gasteiger partial charge in [0.25, 0.3) is 0 Å². The van der Waals surface area contributed by atoms with Crippen LogP contribution >= 0.6 is 0 Å². The Labute approximate surface area is 150 Å². The molecule has 0 radical (unpaired) electrons. The normalized spacial score (nSPS) is 16.1. The maximum absolute atomic E-state index is 6.16. The molecule has 114 valence electrons. The topological polar surface area (TPSA) is 9.23 Å². The molecule has 0 atom stereocenters. The summed E-state index contributed by atoms with van der Waals surface area (Å²) in [5.74, 6) is 1.04. The zero-order valence-corrected chi connectivity index (χ0v) is 16.5. The van der Waals surface area contributed by atoms with E-state index < -0.39 is 19.5 Å². The summed E-state index contributed by atoms with van der Waals surface area (Å²) in [6, 6.07) is 8.29. The molecule has 1 aliphatic rings. The standard InChI is InChI=1S/C10H15.C7H8O.2ClH.Ti/c1-7-6-10(4,5)9(3)8(7)2;1-6-4-2-3-5-7(6)8;;;/h1-5H3;2-5,8H,1H3;2*1H;/q;;;;+3/p-3. The van der Waals surface area contributed by atoms with Gasteiger partial charge in [0, 0.05) is 0 Å². The number of rotatable bonds is 3. The van der Waals surface area contributed by atoms with Gasteiger partial charge < -0.3 is 24.8 Å². The Kier molecular flexibility index (Phi) is 7.80. The molecule has 21 heavy (non-hydrogen) atoms. The first-order valence-corrected chi connectivity index (χ1v) is 8.15. The van der Waals surface area contributed by atoms with Gasteiger partial charge in [-0.3, -0.25) is 0 Å². The predicted octanol–water partition coefficient (Wildman–Crippen LogP) is -0.970. The molecule has 0 heterocycles. The van der Waals surface area contributed by atoms with Crippen LogP contribution in [-0.2, 0) is 19.5 Å². The second kappa shape index (κ2) is 7.88. The van der Waals surface area contributed by atoms with Crippen LogP contribution in [0.25, 0.3) is 0 Å². The third-order valence-corrected chi connectivity index (χ3v) is 6.80. The fraction of sp³-hybridized carbons (Fsp3) is 0.412. The number of aryl methyl sites for hydroxylation is 1. The molecular weight excluding hydrogens is 339 g/mol. The molecule has 1 aromatic rings. The fourth-order valence-electron chi connectivity index (χ4n) is 2.57. The summed E-state index contributed by atoms with van der Waals surface area (Å²) < 4.78 is 7.70. The van der Waals surface area contributed by atoms with E-state index in [9.17, 15) is 0 Å². The average Bonchev–Trinajstić information content (AvgIpc) is 2.51. The van der Waals surface area contributed by atoms with Crippen LogP contribution in [0.1, 0.15) is 40.2 Å². The molecule has 0 aliphatic heterocycles. The van der Waals surface area contributed by atoms with Gasteiger partial charge in [-0.25, -0.2) is 0 Å². The Balaban J connectivity index is 0.00000200. The van der Waals surface area contributed by atoms with Crippen molar-refractivity contribution in [1.29, 1.82) is 0 Å². The van der Waals surface area contributed by atoms with Gasteiger partial charge in [0.15, 0.2) is 0 Å². The molecule has 0 saturated carbocycles. The van der Waals surface area contributed by atoms with Gasteiger partial charge in [0.05, 0.1) is 0 Å². The Morgan fingerprint density at radius 1 is 0.905 bits per heavy atom. The quantitative estimate of drug-likeness (QED) is 0.630. The molecule has 0 unspecified atom stereocenters. The van der Waals surface area contributed by atoms with E-state index >= 15 is 0 Å². The van der Waals surface area contributed by atoms with E-state index in [0.29, 0.717) is 0 Å². The monoisotopic (exact) mass is 360 g/mol. The largest absolute Gasteiger partial charge is 1.00 e. The minimum absolute atomic E-state index is 0. The maximum Gasteiger partial charge on any atom is -1.00 e. The molecule has 2 rings (SSSR count). The third kappa shape index (κ3) is 3.96. The minimum Gasteiger partial charge on any atom is -1.00 e. The molecule has 1 nitrogen and oxygen atoms in total. The maximum atomic E-state index is 6.16. The van der Waals surface area contributed by atoms with Gasteiger partial charge in [-0.05, 0) is 0 Å². The van der Waals surface area contributed by atoms with E-state index in [0.717, 1.165) is 5.75 Å². The summed E-state index contributed by atoms with van der Waals surface area (Å²) in [6.45, 7) is 13.5. The van der Waals surface area contributed by atoms with Gasteiger partial charge in [-0.1, -0.05) is 0 Å². The molecule has 0 N–H and O–H groups in total. The first-order chi connectivity index (χ1) is 8.85. The van der Waals surface area contributed by atoms with Gasteiger partial charge in [-0.2, -0.15) is 0 Å². The van der Waals surface area contributed by atoms with Crippen molar-refractivity contribution in [2.45, 2.75) is 41.5 Å². The van der Waals surface area contributed by atoms with Crippen molar-refractivity contribution in [3.05, 3.63) is 50.4 Å². The summed E-state index contributed by atoms with van der Waals surface area (Å²) in [4.78, 5) is 0. The van der Waals surface area contributed by atoms with E-state index in [1.165, 1.54) is 26.2 Å². The van der Waals surface area contributed by atoms with Crippen molar-refractivity contribution in [3.8, 4) is 5.75 Å². The van der Waals surface area contributed by atoms with Crippen LogP contribution in [0, 0.1) is 12.3 Å². The van der Waals surface area contributed by atoms with Gasteiger partial charge in [0.1, 0.15) is 0 Å². The van der Waals surface area contributed by atoms with E-state index in [1.54, 1.807) is 0 Å². The Hall–Kier alpha value is -0.206. The number of allylic oxidation sites excluding steroid dienone is 4. The zero-order chi connectivity index (χ0) is 14.2. The fourth-order valence-corrected chi connectivity index (χ4v) is 4.49. The molecule has 0 aromatic heterocycles. The SMILES string of the molecule is CC1=C(C)C(C)(C)[C]([Ti+2][O]c2ccccc2C)=C1C.[Cl-].[Cl-]. The second-order valence-electron chi connectivity index (χ2n) is 5.84. The van der Waals surface area contributed by atoms with Gasteiger partial charge in [0.2, 0.25) is 0 Å². The van der Waals surface area contributed by atoms with E-state index in [1.807, 2.05) is 6.07 Å². The van der Waals surface area contributed by atoms with Crippen LogP contribution in [0.5, 0.6) is 5.75 Å². The number of para-hydroxylation sites is 1. The molecule has 0 fully saturated rings. The van der Waals surface area contributed by atoms with E-state index in [-0.39, 0.29) is 30.2 Å². The smallest absolute Gasteiger partial charge is 1.00 e. The number of hydrogen-bond acceptors (Lipinski definition) is 1. The molecule has 1 aliphatic carbocycles. The van der Waals surface area contributed by atoms with Crippen molar-refractivity contribution in [2.75, 3.05) is 0 Å². The van der Waals surface area contributed by atoms with Crippen molar-refractivity contribution in [2.24, 2.45) is 5.41 Å². The van der Waals surface area contributed by atoms with Crippen molar-refractivity contribution in [3.63, 3.8) is 0 Å². The Bertz CT molecular complexity index is 574. The van der Waals surface area contributed by atoms with Crippen molar-refractivity contribution in [1.82, 2.24) is 0 Å². The van der Waals surface area contributed by atoms with Crippen LogP contribution in [0.3, 0.4) is 0 Å². The second-order valence-corrected chi connectivity index (χ2v) is 7.26. The third-order valence-electron chi connectivity index (χ3n) is 4.42. The first kappa shape index (κ1) is 20.8. The molecule has 4 heteroatoms. The summed E-state index contributed by atoms with van der Waals surface area (Å²) in [5.41, 5.74) is 5.81. The number of benzene rings is 1. The van der Waals surface area contributed by atoms with Crippen LogP contribution in [-0.4, -0.2) is 0 Å². The molecule has 0 bridgehead atoms. The first-order valence-electron chi connectivity index (χ1n) is 6.74. The van der Waals surface area contributed by atoms with Gasteiger partial charge in [-0.15, -0.1) is 0 Å². The summed E-state index contributed by atoms with van der Waals surface area (Å²) in [6.07, 6.45) is 0.